The number of halogens is 2. The molecule has 0 aliphatic carbocycles. The van der Waals surface area contributed by atoms with Crippen LogP contribution in [0.5, 0.6) is 0 Å². The third-order valence-electron chi connectivity index (χ3n) is 4.29. The average molecular weight is 375 g/mol. The molecule has 2 heterocycles. The molecule has 1 N–H and O–H groups in total. The van der Waals surface area contributed by atoms with Gasteiger partial charge in [-0.15, -0.1) is 0 Å². The number of hydrogen-bond acceptors (Lipinski definition) is 3. The van der Waals surface area contributed by atoms with Gasteiger partial charge in [-0.25, -0.2) is 8.78 Å². The maximum Gasteiger partial charge on any atom is 0.255 e. The zero-order chi connectivity index (χ0) is 19.5. The molecule has 4 rings (SSSR count). The van der Waals surface area contributed by atoms with E-state index in [0.29, 0.717) is 12.1 Å². The fourth-order valence-corrected chi connectivity index (χ4v) is 2.96. The number of anilines is 1. The number of fused-ring (bicyclic) bond motifs is 1. The molecule has 0 radical (unpaired) electrons. The summed E-state index contributed by atoms with van der Waals surface area (Å²) in [5.74, 6) is -1.95. The number of nitrogens with zero attached hydrogens (tertiary/aromatic N) is 2. The van der Waals surface area contributed by atoms with E-state index in [2.05, 4.69) is 15.3 Å². The Labute approximate surface area is 160 Å². The summed E-state index contributed by atoms with van der Waals surface area (Å²) < 4.78 is 26.6. The molecule has 0 saturated carbocycles. The number of nitrogens with one attached hydrogen (secondary N) is 1. The van der Waals surface area contributed by atoms with Gasteiger partial charge in [0.05, 0.1) is 18.0 Å². The quantitative estimate of drug-likeness (QED) is 0.723. The van der Waals surface area contributed by atoms with E-state index >= 15 is 0 Å². The molecular formula is C22H15F2N3O. The number of aliphatic imine (C=N–C) groups is 1. The van der Waals surface area contributed by atoms with Gasteiger partial charge in [0.15, 0.2) is 0 Å². The van der Waals surface area contributed by atoms with E-state index in [4.69, 9.17) is 0 Å². The Balaban J connectivity index is 1.56. The van der Waals surface area contributed by atoms with Crippen LogP contribution in [0.1, 0.15) is 27.2 Å². The minimum atomic E-state index is -0.752. The molecule has 1 aromatic heterocycles. The molecule has 0 fully saturated rings. The largest absolute Gasteiger partial charge is 0.322 e. The first-order valence-corrected chi connectivity index (χ1v) is 8.63. The van der Waals surface area contributed by atoms with Crippen LogP contribution in [0.15, 0.2) is 71.9 Å². The lowest BCUT2D eigenvalue weighted by atomic mass is 10.0. The van der Waals surface area contributed by atoms with Crippen molar-refractivity contribution in [3.8, 4) is 0 Å². The highest BCUT2D eigenvalue weighted by atomic mass is 19.1. The highest BCUT2D eigenvalue weighted by Gasteiger charge is 2.17. The maximum atomic E-state index is 13.3. The van der Waals surface area contributed by atoms with Crippen LogP contribution in [0, 0.1) is 11.6 Å². The molecule has 0 saturated heterocycles. The monoisotopic (exact) mass is 375 g/mol. The van der Waals surface area contributed by atoms with Gasteiger partial charge in [-0.05, 0) is 54.1 Å². The Hall–Kier alpha value is -3.67. The number of carbonyl (C=O) groups is 1. The molecule has 0 unspecified atom stereocenters. The van der Waals surface area contributed by atoms with Gasteiger partial charge in [0.2, 0.25) is 0 Å². The SMILES string of the molecule is O=C(Nc1cc(F)cc(F)c1)c1ccc2c(c1)C(/C=C/c1ccccn1)=NC2. The second-order valence-corrected chi connectivity index (χ2v) is 6.27. The van der Waals surface area contributed by atoms with Crippen LogP contribution < -0.4 is 5.32 Å². The first-order valence-electron chi connectivity index (χ1n) is 8.63. The van der Waals surface area contributed by atoms with Crippen LogP contribution in [0.25, 0.3) is 6.08 Å². The van der Waals surface area contributed by atoms with Crippen LogP contribution >= 0.6 is 0 Å². The molecule has 2 aromatic carbocycles. The van der Waals surface area contributed by atoms with Crippen molar-refractivity contribution in [2.75, 3.05) is 5.32 Å². The lowest BCUT2D eigenvalue weighted by molar-refractivity contribution is 0.102. The lowest BCUT2D eigenvalue weighted by Crippen LogP contribution is -2.13. The van der Waals surface area contributed by atoms with E-state index in [1.165, 1.54) is 0 Å². The molecule has 4 nitrogen and oxygen atoms in total. The van der Waals surface area contributed by atoms with Gasteiger partial charge in [-0.3, -0.25) is 14.8 Å². The Kier molecular flexibility index (Phi) is 4.76. The summed E-state index contributed by atoms with van der Waals surface area (Å²) in [6, 6.07) is 13.7. The summed E-state index contributed by atoms with van der Waals surface area (Å²) in [4.78, 5) is 21.2. The minimum absolute atomic E-state index is 0.0620. The number of benzene rings is 2. The molecule has 1 aliphatic rings. The van der Waals surface area contributed by atoms with Crippen molar-refractivity contribution < 1.29 is 13.6 Å². The standard InChI is InChI=1S/C22H15F2N3O/c23-16-10-17(24)12-19(11-16)27-22(28)14-4-5-15-13-26-21(20(15)9-14)7-6-18-3-1-2-8-25-18/h1-12H,13H2,(H,27,28)/b7-6+. The highest BCUT2D eigenvalue weighted by Crippen LogP contribution is 2.22. The second kappa shape index (κ2) is 7.52. The van der Waals surface area contributed by atoms with Crippen molar-refractivity contribution in [1.29, 1.82) is 0 Å². The van der Waals surface area contributed by atoms with Gasteiger partial charge < -0.3 is 5.32 Å². The Morgan fingerprint density at radius 1 is 1.00 bits per heavy atom. The van der Waals surface area contributed by atoms with E-state index in [1.807, 2.05) is 36.4 Å². The summed E-state index contributed by atoms with van der Waals surface area (Å²) >= 11 is 0. The Morgan fingerprint density at radius 2 is 1.82 bits per heavy atom. The zero-order valence-corrected chi connectivity index (χ0v) is 14.7. The molecule has 0 bridgehead atoms. The van der Waals surface area contributed by atoms with Crippen molar-refractivity contribution in [2.24, 2.45) is 4.99 Å². The third kappa shape index (κ3) is 3.86. The van der Waals surface area contributed by atoms with E-state index in [1.54, 1.807) is 18.3 Å². The molecular weight excluding hydrogens is 360 g/mol. The highest BCUT2D eigenvalue weighted by molar-refractivity contribution is 6.14. The van der Waals surface area contributed by atoms with Crippen LogP contribution in [-0.2, 0) is 6.54 Å². The van der Waals surface area contributed by atoms with E-state index in [0.717, 1.165) is 40.7 Å². The number of allylic oxidation sites excluding steroid dienone is 1. The first-order chi connectivity index (χ1) is 13.6. The molecule has 138 valence electrons. The smallest absolute Gasteiger partial charge is 0.255 e. The number of amides is 1. The minimum Gasteiger partial charge on any atom is -0.322 e. The molecule has 3 aromatic rings. The predicted octanol–water partition coefficient (Wildman–Crippen LogP) is 4.63. The van der Waals surface area contributed by atoms with Crippen molar-refractivity contribution >= 4 is 23.4 Å². The lowest BCUT2D eigenvalue weighted by Gasteiger charge is -2.08. The maximum absolute atomic E-state index is 13.3. The number of rotatable bonds is 4. The topological polar surface area (TPSA) is 54.4 Å². The third-order valence-corrected chi connectivity index (χ3v) is 4.29. The first kappa shape index (κ1) is 17.7. The van der Waals surface area contributed by atoms with Crippen LogP contribution in [0.2, 0.25) is 0 Å². The molecule has 0 atom stereocenters. The zero-order valence-electron chi connectivity index (χ0n) is 14.7. The average Bonchev–Trinajstić information content (AvgIpc) is 3.08. The van der Waals surface area contributed by atoms with Crippen molar-refractivity contribution in [1.82, 2.24) is 4.98 Å². The van der Waals surface area contributed by atoms with E-state index in [-0.39, 0.29) is 5.69 Å². The van der Waals surface area contributed by atoms with Gasteiger partial charge >= 0.3 is 0 Å². The van der Waals surface area contributed by atoms with Crippen molar-refractivity contribution in [2.45, 2.75) is 6.54 Å². The van der Waals surface area contributed by atoms with Gasteiger partial charge in [0.1, 0.15) is 11.6 Å². The number of aromatic nitrogens is 1. The molecule has 1 aliphatic heterocycles. The summed E-state index contributed by atoms with van der Waals surface area (Å²) in [5.41, 5.74) is 3.86. The van der Waals surface area contributed by atoms with Crippen molar-refractivity contribution in [3.63, 3.8) is 0 Å². The van der Waals surface area contributed by atoms with E-state index < -0.39 is 17.5 Å². The fraction of sp³-hybridized carbons (Fsp3) is 0.0455. The predicted molar refractivity (Wildman–Crippen MR) is 104 cm³/mol. The fourth-order valence-electron chi connectivity index (χ4n) is 2.96. The van der Waals surface area contributed by atoms with Crippen LogP contribution in [0.3, 0.4) is 0 Å². The van der Waals surface area contributed by atoms with Crippen LogP contribution in [0.4, 0.5) is 14.5 Å². The Morgan fingerprint density at radius 3 is 2.57 bits per heavy atom. The summed E-state index contributed by atoms with van der Waals surface area (Å²) in [6.07, 6.45) is 5.43. The summed E-state index contributed by atoms with van der Waals surface area (Å²) in [6.45, 7) is 0.536. The molecule has 6 heteroatoms. The molecule has 1 amide bonds. The number of pyridine rings is 1. The summed E-state index contributed by atoms with van der Waals surface area (Å²) in [5, 5.41) is 2.52. The number of carbonyl (C=O) groups excluding carboxylic acids is 1. The summed E-state index contributed by atoms with van der Waals surface area (Å²) in [7, 11) is 0. The second-order valence-electron chi connectivity index (χ2n) is 6.27. The number of hydrogen-bond donors (Lipinski definition) is 1. The van der Waals surface area contributed by atoms with Crippen molar-refractivity contribution in [3.05, 3.63) is 101 Å². The Bertz CT molecular complexity index is 1090. The van der Waals surface area contributed by atoms with Gasteiger partial charge in [-0.2, -0.15) is 0 Å². The molecule has 28 heavy (non-hydrogen) atoms. The van der Waals surface area contributed by atoms with Gasteiger partial charge in [0.25, 0.3) is 5.91 Å². The van der Waals surface area contributed by atoms with E-state index in [9.17, 15) is 13.6 Å². The normalized spacial score (nSPS) is 12.7. The van der Waals surface area contributed by atoms with Gasteiger partial charge in [-0.1, -0.05) is 12.1 Å². The van der Waals surface area contributed by atoms with Gasteiger partial charge in [0, 0.05) is 29.1 Å². The molecule has 0 spiro atoms. The van der Waals surface area contributed by atoms with Crippen LogP contribution in [-0.4, -0.2) is 16.6 Å².